The number of methoxy groups -OCH3 is 1. The first-order valence-corrected chi connectivity index (χ1v) is 7.40. The third-order valence-electron chi connectivity index (χ3n) is 2.87. The molecule has 0 spiro atoms. The van der Waals surface area contributed by atoms with Crippen molar-refractivity contribution < 1.29 is 9.47 Å². The van der Waals surface area contributed by atoms with Crippen LogP contribution in [0.25, 0.3) is 10.2 Å². The highest BCUT2D eigenvalue weighted by molar-refractivity contribution is 7.22. The Kier molecular flexibility index (Phi) is 3.87. The molecule has 0 saturated carbocycles. The van der Waals surface area contributed by atoms with Gasteiger partial charge in [0.15, 0.2) is 5.13 Å². The van der Waals surface area contributed by atoms with Gasteiger partial charge in [0.05, 0.1) is 35.8 Å². The Balaban J connectivity index is 1.83. The Labute approximate surface area is 126 Å². The minimum atomic E-state index is 0.589. The first-order chi connectivity index (χ1) is 10.3. The van der Waals surface area contributed by atoms with E-state index in [4.69, 9.17) is 9.47 Å². The van der Waals surface area contributed by atoms with Gasteiger partial charge in [-0.25, -0.2) is 9.97 Å². The van der Waals surface area contributed by atoms with E-state index in [1.807, 2.05) is 37.3 Å². The number of nitrogens with one attached hydrogen (secondary N) is 1. The van der Waals surface area contributed by atoms with Crippen molar-refractivity contribution in [2.45, 2.75) is 6.92 Å². The van der Waals surface area contributed by atoms with Gasteiger partial charge in [-0.3, -0.25) is 0 Å². The molecule has 0 fully saturated rings. The first kappa shape index (κ1) is 13.6. The maximum Gasteiger partial charge on any atom is 0.213 e. The second-order valence-corrected chi connectivity index (χ2v) is 5.33. The standard InChI is InChI=1S/C15H15N3O2S/c1-3-20-11-5-6-12-13(8-11)21-15(18-12)17-10-4-7-14(19-2)16-9-10/h4-9H,3H2,1-2H3,(H,17,18). The van der Waals surface area contributed by atoms with Gasteiger partial charge in [-0.15, -0.1) is 0 Å². The molecule has 0 aliphatic carbocycles. The van der Waals surface area contributed by atoms with Gasteiger partial charge in [-0.05, 0) is 31.2 Å². The van der Waals surface area contributed by atoms with Crippen molar-refractivity contribution in [1.29, 1.82) is 0 Å². The lowest BCUT2D eigenvalue weighted by atomic mass is 10.3. The number of benzene rings is 1. The van der Waals surface area contributed by atoms with Crippen molar-refractivity contribution in [2.24, 2.45) is 0 Å². The number of fused-ring (bicyclic) bond motifs is 1. The van der Waals surface area contributed by atoms with Crippen LogP contribution in [0.2, 0.25) is 0 Å². The Bertz CT molecular complexity index is 740. The lowest BCUT2D eigenvalue weighted by Gasteiger charge is -2.02. The molecule has 0 bridgehead atoms. The Morgan fingerprint density at radius 2 is 2.14 bits per heavy atom. The quantitative estimate of drug-likeness (QED) is 0.776. The molecule has 0 amide bonds. The van der Waals surface area contributed by atoms with Crippen LogP contribution in [0.4, 0.5) is 10.8 Å². The van der Waals surface area contributed by atoms with Crippen LogP contribution in [0.1, 0.15) is 6.92 Å². The van der Waals surface area contributed by atoms with Crippen molar-refractivity contribution in [3.63, 3.8) is 0 Å². The average molecular weight is 301 g/mol. The van der Waals surface area contributed by atoms with Crippen LogP contribution in [0.5, 0.6) is 11.6 Å². The monoisotopic (exact) mass is 301 g/mol. The van der Waals surface area contributed by atoms with Crippen LogP contribution in [-0.2, 0) is 0 Å². The summed E-state index contributed by atoms with van der Waals surface area (Å²) in [6.07, 6.45) is 1.72. The molecule has 0 saturated heterocycles. The van der Waals surface area contributed by atoms with Gasteiger partial charge < -0.3 is 14.8 Å². The maximum atomic E-state index is 5.50. The smallest absolute Gasteiger partial charge is 0.213 e. The third-order valence-corrected chi connectivity index (χ3v) is 3.80. The van der Waals surface area contributed by atoms with Crippen molar-refractivity contribution in [1.82, 2.24) is 9.97 Å². The minimum Gasteiger partial charge on any atom is -0.494 e. The zero-order valence-electron chi connectivity index (χ0n) is 11.8. The summed E-state index contributed by atoms with van der Waals surface area (Å²) in [6.45, 7) is 2.63. The Hall–Kier alpha value is -2.34. The summed E-state index contributed by atoms with van der Waals surface area (Å²) in [6, 6.07) is 9.62. The summed E-state index contributed by atoms with van der Waals surface area (Å²) in [5.74, 6) is 1.46. The molecular formula is C15H15N3O2S. The highest BCUT2D eigenvalue weighted by atomic mass is 32.1. The zero-order chi connectivity index (χ0) is 14.7. The van der Waals surface area contributed by atoms with Crippen molar-refractivity contribution in [3.05, 3.63) is 36.5 Å². The van der Waals surface area contributed by atoms with E-state index in [-0.39, 0.29) is 0 Å². The fraction of sp³-hybridized carbons (Fsp3) is 0.200. The average Bonchev–Trinajstić information content (AvgIpc) is 2.90. The molecule has 1 N–H and O–H groups in total. The van der Waals surface area contributed by atoms with E-state index in [1.165, 1.54) is 0 Å². The second-order valence-electron chi connectivity index (χ2n) is 4.30. The molecule has 0 atom stereocenters. The molecule has 2 heterocycles. The van der Waals surface area contributed by atoms with E-state index in [0.29, 0.717) is 12.5 Å². The van der Waals surface area contributed by atoms with E-state index in [2.05, 4.69) is 15.3 Å². The highest BCUT2D eigenvalue weighted by Crippen LogP contribution is 2.31. The number of pyridine rings is 1. The van der Waals surface area contributed by atoms with Gasteiger partial charge >= 0.3 is 0 Å². The number of rotatable bonds is 5. The molecular weight excluding hydrogens is 286 g/mol. The van der Waals surface area contributed by atoms with Gasteiger partial charge in [0.25, 0.3) is 0 Å². The lowest BCUT2D eigenvalue weighted by Crippen LogP contribution is -1.92. The maximum absolute atomic E-state index is 5.50. The largest absolute Gasteiger partial charge is 0.494 e. The van der Waals surface area contributed by atoms with E-state index >= 15 is 0 Å². The van der Waals surface area contributed by atoms with E-state index in [9.17, 15) is 0 Å². The molecule has 1 aromatic carbocycles. The van der Waals surface area contributed by atoms with Gasteiger partial charge in [0.1, 0.15) is 5.75 Å². The number of anilines is 2. The minimum absolute atomic E-state index is 0.589. The fourth-order valence-corrected chi connectivity index (χ4v) is 2.83. The van der Waals surface area contributed by atoms with E-state index < -0.39 is 0 Å². The normalized spacial score (nSPS) is 10.6. The summed E-state index contributed by atoms with van der Waals surface area (Å²) in [4.78, 5) is 8.70. The summed E-state index contributed by atoms with van der Waals surface area (Å²) in [7, 11) is 1.60. The first-order valence-electron chi connectivity index (χ1n) is 6.59. The highest BCUT2D eigenvalue weighted by Gasteiger charge is 2.06. The van der Waals surface area contributed by atoms with Gasteiger partial charge in [-0.2, -0.15) is 0 Å². The van der Waals surface area contributed by atoms with Crippen LogP contribution in [0.3, 0.4) is 0 Å². The topological polar surface area (TPSA) is 56.3 Å². The number of thiazole rings is 1. The SMILES string of the molecule is CCOc1ccc2nc(Nc3ccc(OC)nc3)sc2c1. The molecule has 0 radical (unpaired) electrons. The Morgan fingerprint density at radius 1 is 1.24 bits per heavy atom. The molecule has 3 rings (SSSR count). The van der Waals surface area contributed by atoms with E-state index in [0.717, 1.165) is 26.8 Å². The van der Waals surface area contributed by atoms with Crippen LogP contribution in [0, 0.1) is 0 Å². The molecule has 3 aromatic rings. The van der Waals surface area contributed by atoms with Crippen molar-refractivity contribution >= 4 is 32.4 Å². The number of ether oxygens (including phenoxy) is 2. The van der Waals surface area contributed by atoms with Gasteiger partial charge in [0, 0.05) is 6.07 Å². The molecule has 21 heavy (non-hydrogen) atoms. The zero-order valence-corrected chi connectivity index (χ0v) is 12.6. The van der Waals surface area contributed by atoms with Crippen LogP contribution >= 0.6 is 11.3 Å². The number of hydrogen-bond donors (Lipinski definition) is 1. The van der Waals surface area contributed by atoms with Crippen LogP contribution in [0.15, 0.2) is 36.5 Å². The fourth-order valence-electron chi connectivity index (χ4n) is 1.91. The lowest BCUT2D eigenvalue weighted by molar-refractivity contribution is 0.341. The summed E-state index contributed by atoms with van der Waals surface area (Å²) in [5.41, 5.74) is 1.83. The third kappa shape index (κ3) is 3.05. The number of nitrogens with zero attached hydrogens (tertiary/aromatic N) is 2. The van der Waals surface area contributed by atoms with Crippen LogP contribution < -0.4 is 14.8 Å². The van der Waals surface area contributed by atoms with Gasteiger partial charge in [-0.1, -0.05) is 11.3 Å². The Morgan fingerprint density at radius 3 is 2.86 bits per heavy atom. The van der Waals surface area contributed by atoms with Crippen molar-refractivity contribution in [2.75, 3.05) is 19.0 Å². The predicted molar refractivity (Wildman–Crippen MR) is 84.9 cm³/mol. The summed E-state index contributed by atoms with van der Waals surface area (Å²) >= 11 is 1.58. The summed E-state index contributed by atoms with van der Waals surface area (Å²) < 4.78 is 11.6. The van der Waals surface area contributed by atoms with Crippen molar-refractivity contribution in [3.8, 4) is 11.6 Å². The van der Waals surface area contributed by atoms with Crippen LogP contribution in [-0.4, -0.2) is 23.7 Å². The number of aromatic nitrogens is 2. The number of hydrogen-bond acceptors (Lipinski definition) is 6. The second kappa shape index (κ2) is 5.97. The summed E-state index contributed by atoms with van der Waals surface area (Å²) in [5, 5.41) is 4.07. The molecule has 5 nitrogen and oxygen atoms in total. The molecule has 0 unspecified atom stereocenters. The van der Waals surface area contributed by atoms with Gasteiger partial charge in [0.2, 0.25) is 5.88 Å². The molecule has 6 heteroatoms. The van der Waals surface area contributed by atoms with E-state index in [1.54, 1.807) is 24.6 Å². The predicted octanol–water partition coefficient (Wildman–Crippen LogP) is 3.84. The molecule has 0 aliphatic rings. The molecule has 2 aromatic heterocycles. The molecule has 108 valence electrons. The molecule has 0 aliphatic heterocycles.